The molecule has 1 aromatic rings. The number of non-ortho nitro benzene ring substituents is 1. The lowest BCUT2D eigenvalue weighted by molar-refractivity contribution is -0.384. The van der Waals surface area contributed by atoms with Crippen LogP contribution in [0.4, 0.5) is 5.69 Å². The number of halogens is 1. The standard InChI is InChI=1S/C12H17N3O4S.ClH/c13-7-12(10-3-4-10)14-20(18,19)8-9-1-5-11(6-2-9)15(16)17;/h1-2,5-6,10,12,14H,3-4,7-8,13H2;1H. The molecule has 2 rings (SSSR count). The first-order valence-electron chi connectivity index (χ1n) is 6.34. The minimum atomic E-state index is -3.48. The van der Waals surface area contributed by atoms with Crippen molar-refractivity contribution >= 4 is 28.1 Å². The molecule has 1 saturated carbocycles. The SMILES string of the molecule is Cl.NCC(NS(=O)(=O)Cc1ccc([N+](=O)[O-])cc1)C1CC1. The van der Waals surface area contributed by atoms with Crippen molar-refractivity contribution < 1.29 is 13.3 Å². The Morgan fingerprint density at radius 3 is 2.33 bits per heavy atom. The van der Waals surface area contributed by atoms with Crippen LogP contribution in [0.15, 0.2) is 24.3 Å². The van der Waals surface area contributed by atoms with Gasteiger partial charge >= 0.3 is 0 Å². The van der Waals surface area contributed by atoms with Crippen molar-refractivity contribution in [1.82, 2.24) is 4.72 Å². The molecule has 0 saturated heterocycles. The molecule has 7 nitrogen and oxygen atoms in total. The van der Waals surface area contributed by atoms with Crippen molar-refractivity contribution in [3.63, 3.8) is 0 Å². The summed E-state index contributed by atoms with van der Waals surface area (Å²) in [4.78, 5) is 10.0. The minimum Gasteiger partial charge on any atom is -0.329 e. The maximum atomic E-state index is 12.0. The Hall–Kier alpha value is -1.22. The number of nitrogens with two attached hydrogens (primary N) is 1. The number of hydrogen-bond acceptors (Lipinski definition) is 5. The summed E-state index contributed by atoms with van der Waals surface area (Å²) in [7, 11) is -3.48. The second-order valence-corrected chi connectivity index (χ2v) is 6.73. The Bertz CT molecular complexity index is 587. The highest BCUT2D eigenvalue weighted by molar-refractivity contribution is 7.88. The Morgan fingerprint density at radius 1 is 1.33 bits per heavy atom. The summed E-state index contributed by atoms with van der Waals surface area (Å²) in [6.45, 7) is 0.282. The van der Waals surface area contributed by atoms with Crippen LogP contribution >= 0.6 is 12.4 Å². The van der Waals surface area contributed by atoms with Crippen molar-refractivity contribution in [1.29, 1.82) is 0 Å². The van der Waals surface area contributed by atoms with Crippen molar-refractivity contribution in [3.05, 3.63) is 39.9 Å². The maximum Gasteiger partial charge on any atom is 0.269 e. The van der Waals surface area contributed by atoms with E-state index in [1.807, 2.05) is 0 Å². The van der Waals surface area contributed by atoms with Crippen molar-refractivity contribution in [2.24, 2.45) is 11.7 Å². The van der Waals surface area contributed by atoms with Crippen molar-refractivity contribution in [3.8, 4) is 0 Å². The summed E-state index contributed by atoms with van der Waals surface area (Å²) in [5, 5.41) is 10.5. The third-order valence-electron chi connectivity index (χ3n) is 3.28. The van der Waals surface area contributed by atoms with Gasteiger partial charge in [0.2, 0.25) is 10.0 Å². The van der Waals surface area contributed by atoms with Crippen molar-refractivity contribution in [2.75, 3.05) is 6.54 Å². The predicted octanol–water partition coefficient (Wildman–Crippen LogP) is 1.17. The summed E-state index contributed by atoms with van der Waals surface area (Å²) in [5.41, 5.74) is 6.02. The highest BCUT2D eigenvalue weighted by Crippen LogP contribution is 2.32. The Labute approximate surface area is 129 Å². The molecule has 1 aromatic carbocycles. The highest BCUT2D eigenvalue weighted by Gasteiger charge is 2.32. The van der Waals surface area contributed by atoms with E-state index in [9.17, 15) is 18.5 Å². The van der Waals surface area contributed by atoms with Crippen LogP contribution < -0.4 is 10.5 Å². The van der Waals surface area contributed by atoms with Gasteiger partial charge in [-0.1, -0.05) is 12.1 Å². The first kappa shape index (κ1) is 17.8. The lowest BCUT2D eigenvalue weighted by Crippen LogP contribution is -2.42. The normalized spacial score (nSPS) is 16.0. The third-order valence-corrected chi connectivity index (χ3v) is 4.65. The predicted molar refractivity (Wildman–Crippen MR) is 81.7 cm³/mol. The van der Waals surface area contributed by atoms with E-state index in [0.717, 1.165) is 12.8 Å². The average Bonchev–Trinajstić information content (AvgIpc) is 3.20. The Kier molecular flexibility index (Phi) is 6.09. The summed E-state index contributed by atoms with van der Waals surface area (Å²) < 4.78 is 26.6. The van der Waals surface area contributed by atoms with Crippen molar-refractivity contribution in [2.45, 2.75) is 24.6 Å². The topological polar surface area (TPSA) is 115 Å². The number of nitro benzene ring substituents is 1. The molecule has 0 bridgehead atoms. The van der Waals surface area contributed by atoms with Gasteiger partial charge < -0.3 is 5.73 Å². The molecule has 1 unspecified atom stereocenters. The fraction of sp³-hybridized carbons (Fsp3) is 0.500. The van der Waals surface area contributed by atoms with Crippen LogP contribution in [0, 0.1) is 16.0 Å². The van der Waals surface area contributed by atoms with Gasteiger partial charge in [-0.15, -0.1) is 12.4 Å². The van der Waals surface area contributed by atoms with E-state index in [4.69, 9.17) is 5.73 Å². The van der Waals surface area contributed by atoms with Crippen LogP contribution in [0.1, 0.15) is 18.4 Å². The lowest BCUT2D eigenvalue weighted by atomic mass is 10.2. The molecule has 1 aliphatic carbocycles. The van der Waals surface area contributed by atoms with Gasteiger partial charge in [-0.3, -0.25) is 10.1 Å². The smallest absolute Gasteiger partial charge is 0.269 e. The molecule has 0 spiro atoms. The summed E-state index contributed by atoms with van der Waals surface area (Å²) in [6.07, 6.45) is 2.00. The van der Waals surface area contributed by atoms with E-state index in [0.29, 0.717) is 11.5 Å². The largest absolute Gasteiger partial charge is 0.329 e. The molecular formula is C12H18ClN3O4S. The van der Waals surface area contributed by atoms with E-state index >= 15 is 0 Å². The second kappa shape index (κ2) is 7.17. The maximum absolute atomic E-state index is 12.0. The highest BCUT2D eigenvalue weighted by atomic mass is 35.5. The van der Waals surface area contributed by atoms with E-state index < -0.39 is 14.9 Å². The zero-order chi connectivity index (χ0) is 14.8. The van der Waals surface area contributed by atoms with Crippen LogP contribution in [-0.2, 0) is 15.8 Å². The molecule has 0 heterocycles. The molecule has 0 aliphatic heterocycles. The van der Waals surface area contributed by atoms with Gasteiger partial charge in [0.1, 0.15) is 0 Å². The van der Waals surface area contributed by atoms with Crippen LogP contribution in [0.3, 0.4) is 0 Å². The van der Waals surface area contributed by atoms with Crippen LogP contribution in [0.25, 0.3) is 0 Å². The molecule has 1 aliphatic rings. The van der Waals surface area contributed by atoms with Crippen LogP contribution in [0.5, 0.6) is 0 Å². The van der Waals surface area contributed by atoms with E-state index in [-0.39, 0.29) is 36.4 Å². The van der Waals surface area contributed by atoms with Crippen LogP contribution in [-0.4, -0.2) is 25.9 Å². The third kappa shape index (κ3) is 5.24. The zero-order valence-electron chi connectivity index (χ0n) is 11.3. The lowest BCUT2D eigenvalue weighted by Gasteiger charge is -2.16. The molecule has 0 aromatic heterocycles. The zero-order valence-corrected chi connectivity index (χ0v) is 12.9. The summed E-state index contributed by atoms with van der Waals surface area (Å²) in [5.74, 6) is 0.139. The number of nitrogens with one attached hydrogen (secondary N) is 1. The van der Waals surface area contributed by atoms with Gasteiger partial charge in [0.25, 0.3) is 5.69 Å². The summed E-state index contributed by atoms with van der Waals surface area (Å²) in [6, 6.07) is 5.29. The molecule has 0 amide bonds. The molecular weight excluding hydrogens is 318 g/mol. The average molecular weight is 336 g/mol. The Morgan fingerprint density at radius 2 is 1.90 bits per heavy atom. The fourth-order valence-corrected chi connectivity index (χ4v) is 3.51. The van der Waals surface area contributed by atoms with Gasteiger partial charge in [-0.05, 0) is 24.3 Å². The molecule has 118 valence electrons. The first-order chi connectivity index (χ1) is 9.41. The molecule has 1 atom stereocenters. The van der Waals surface area contributed by atoms with Gasteiger partial charge in [-0.25, -0.2) is 13.1 Å². The summed E-state index contributed by atoms with van der Waals surface area (Å²) >= 11 is 0. The molecule has 21 heavy (non-hydrogen) atoms. The quantitative estimate of drug-likeness (QED) is 0.573. The number of nitro groups is 1. The van der Waals surface area contributed by atoms with Gasteiger partial charge in [-0.2, -0.15) is 0 Å². The monoisotopic (exact) mass is 335 g/mol. The van der Waals surface area contributed by atoms with Gasteiger partial charge in [0.15, 0.2) is 0 Å². The van der Waals surface area contributed by atoms with E-state index in [1.54, 1.807) is 0 Å². The number of rotatable bonds is 7. The molecule has 9 heteroatoms. The number of hydrogen-bond donors (Lipinski definition) is 2. The van der Waals surface area contributed by atoms with Gasteiger partial charge in [0.05, 0.1) is 10.7 Å². The first-order valence-corrected chi connectivity index (χ1v) is 8.00. The Balaban J connectivity index is 0.00000220. The number of nitrogens with zero attached hydrogens (tertiary/aromatic N) is 1. The fourth-order valence-electron chi connectivity index (χ4n) is 2.04. The molecule has 0 radical (unpaired) electrons. The molecule has 3 N–H and O–H groups in total. The van der Waals surface area contributed by atoms with Gasteiger partial charge in [0, 0.05) is 24.7 Å². The minimum absolute atomic E-state index is 0. The molecule has 1 fully saturated rings. The van der Waals surface area contributed by atoms with Crippen LogP contribution in [0.2, 0.25) is 0 Å². The number of benzene rings is 1. The second-order valence-electron chi connectivity index (χ2n) is 4.98. The van der Waals surface area contributed by atoms with E-state index in [1.165, 1.54) is 24.3 Å². The van der Waals surface area contributed by atoms with E-state index in [2.05, 4.69) is 4.72 Å². The number of sulfonamides is 1.